The predicted molar refractivity (Wildman–Crippen MR) is 118 cm³/mol. The van der Waals surface area contributed by atoms with Crippen molar-refractivity contribution in [3.63, 3.8) is 0 Å². The van der Waals surface area contributed by atoms with Crippen LogP contribution in [0, 0.1) is 6.92 Å². The first-order chi connectivity index (χ1) is 13.2. The monoisotopic (exact) mass is 438 g/mol. The van der Waals surface area contributed by atoms with E-state index in [-0.39, 0.29) is 30.5 Å². The maximum Gasteiger partial charge on any atom is 0.346 e. The Morgan fingerprint density at radius 3 is 2.48 bits per heavy atom. The molecular weight excluding hydrogens is 411 g/mol. The molecule has 0 atom stereocenters. The number of hydrogen-bond acceptors (Lipinski definition) is 4. The summed E-state index contributed by atoms with van der Waals surface area (Å²) in [5, 5.41) is 8.16. The second-order valence-corrected chi connectivity index (χ2v) is 7.13. The van der Waals surface area contributed by atoms with E-state index in [4.69, 9.17) is 5.10 Å². The third-order valence-electron chi connectivity index (χ3n) is 5.32. The van der Waals surface area contributed by atoms with Gasteiger partial charge in [0, 0.05) is 24.9 Å². The first-order valence-electron chi connectivity index (χ1n) is 9.62. The molecule has 4 rings (SSSR count). The van der Waals surface area contributed by atoms with Crippen molar-refractivity contribution in [2.24, 2.45) is 0 Å². The van der Waals surface area contributed by atoms with Gasteiger partial charge in [0.25, 0.3) is 0 Å². The van der Waals surface area contributed by atoms with Crippen molar-refractivity contribution in [3.05, 3.63) is 70.4 Å². The maximum absolute atomic E-state index is 13.1. The minimum Gasteiger partial charge on any atom is -0.333 e. The van der Waals surface area contributed by atoms with Gasteiger partial charge in [0.2, 0.25) is 0 Å². The van der Waals surface area contributed by atoms with Gasteiger partial charge < -0.3 is 9.88 Å². The molecule has 1 aromatic carbocycles. The van der Waals surface area contributed by atoms with Gasteiger partial charge in [0.1, 0.15) is 11.6 Å². The van der Waals surface area contributed by atoms with Crippen molar-refractivity contribution in [3.8, 4) is 0 Å². The van der Waals surface area contributed by atoms with Crippen LogP contribution in [0.15, 0.2) is 47.5 Å². The van der Waals surface area contributed by atoms with E-state index in [1.807, 2.05) is 40.5 Å². The summed E-state index contributed by atoms with van der Waals surface area (Å²) in [7, 11) is 0. The van der Waals surface area contributed by atoms with E-state index in [0.29, 0.717) is 25.6 Å². The summed E-state index contributed by atoms with van der Waals surface area (Å²) >= 11 is 0. The van der Waals surface area contributed by atoms with E-state index < -0.39 is 0 Å². The maximum atomic E-state index is 13.1. The van der Waals surface area contributed by atoms with Crippen LogP contribution in [-0.2, 0) is 19.6 Å². The van der Waals surface area contributed by atoms with Crippen LogP contribution < -0.4 is 11.0 Å². The van der Waals surface area contributed by atoms with Crippen LogP contribution in [0.25, 0.3) is 0 Å². The molecule has 1 aliphatic heterocycles. The molecular formula is C20H28Cl2N6O. The summed E-state index contributed by atoms with van der Waals surface area (Å²) in [5.41, 5.74) is 1.10. The Kier molecular flexibility index (Phi) is 8.49. The minimum absolute atomic E-state index is 0. The molecule has 0 radical (unpaired) electrons. The molecule has 3 aromatic rings. The van der Waals surface area contributed by atoms with Gasteiger partial charge in [-0.2, -0.15) is 5.10 Å². The standard InChI is InChI=1S/C20H26N6O.2ClH/c1-16-22-11-12-24(16)13-14-26-20(27)25(15-17-5-3-2-4-6-17)19(23-26)18-7-9-21-10-8-18;;/h2-6,11-12,18,21H,7-10,13-15H2,1H3;2*1H. The summed E-state index contributed by atoms with van der Waals surface area (Å²) in [4.78, 5) is 17.4. The molecule has 0 amide bonds. The average molecular weight is 439 g/mol. The molecule has 0 unspecified atom stereocenters. The summed E-state index contributed by atoms with van der Waals surface area (Å²) in [6.45, 7) is 5.74. The molecule has 29 heavy (non-hydrogen) atoms. The zero-order valence-corrected chi connectivity index (χ0v) is 18.2. The van der Waals surface area contributed by atoms with Crippen LogP contribution in [0.5, 0.6) is 0 Å². The molecule has 0 bridgehead atoms. The van der Waals surface area contributed by atoms with Crippen molar-refractivity contribution in [1.82, 2.24) is 29.2 Å². The molecule has 3 heterocycles. The van der Waals surface area contributed by atoms with Crippen LogP contribution in [-0.4, -0.2) is 37.0 Å². The minimum atomic E-state index is -0.0230. The van der Waals surface area contributed by atoms with Gasteiger partial charge in [0.15, 0.2) is 0 Å². The van der Waals surface area contributed by atoms with E-state index in [2.05, 4.69) is 22.4 Å². The highest BCUT2D eigenvalue weighted by Gasteiger charge is 2.24. The molecule has 1 N–H and O–H groups in total. The lowest BCUT2D eigenvalue weighted by Crippen LogP contribution is -2.30. The average Bonchev–Trinajstić information content (AvgIpc) is 3.25. The predicted octanol–water partition coefficient (Wildman–Crippen LogP) is 2.61. The topological polar surface area (TPSA) is 69.7 Å². The SMILES string of the molecule is Cc1nccn1CCn1nc(C2CCNCC2)n(Cc2ccccc2)c1=O.Cl.Cl. The van der Waals surface area contributed by atoms with Gasteiger partial charge in [-0.25, -0.2) is 14.5 Å². The summed E-state index contributed by atoms with van der Waals surface area (Å²) in [6.07, 6.45) is 5.76. The third-order valence-corrected chi connectivity index (χ3v) is 5.32. The fourth-order valence-electron chi connectivity index (χ4n) is 3.74. The molecule has 7 nitrogen and oxygen atoms in total. The zero-order valence-electron chi connectivity index (χ0n) is 16.5. The Bertz CT molecular complexity index is 944. The van der Waals surface area contributed by atoms with Gasteiger partial charge in [0.05, 0.1) is 13.1 Å². The fraction of sp³-hybridized carbons (Fsp3) is 0.450. The number of rotatable bonds is 6. The third kappa shape index (κ3) is 5.29. The van der Waals surface area contributed by atoms with Crippen molar-refractivity contribution >= 4 is 24.8 Å². The Morgan fingerprint density at radius 1 is 1.10 bits per heavy atom. The van der Waals surface area contributed by atoms with Crippen molar-refractivity contribution in [2.75, 3.05) is 13.1 Å². The fourth-order valence-corrected chi connectivity index (χ4v) is 3.74. The Morgan fingerprint density at radius 2 is 1.83 bits per heavy atom. The first kappa shape index (κ1) is 23.2. The second kappa shape index (κ2) is 10.6. The second-order valence-electron chi connectivity index (χ2n) is 7.13. The van der Waals surface area contributed by atoms with Crippen LogP contribution >= 0.6 is 24.8 Å². The van der Waals surface area contributed by atoms with Gasteiger partial charge in [-0.1, -0.05) is 30.3 Å². The lowest BCUT2D eigenvalue weighted by atomic mass is 9.97. The quantitative estimate of drug-likeness (QED) is 0.641. The smallest absolute Gasteiger partial charge is 0.333 e. The lowest BCUT2D eigenvalue weighted by molar-refractivity contribution is 0.429. The number of nitrogens with one attached hydrogen (secondary N) is 1. The summed E-state index contributed by atoms with van der Waals surface area (Å²) in [6, 6.07) is 10.1. The van der Waals surface area contributed by atoms with Gasteiger partial charge in [-0.3, -0.25) is 4.57 Å². The molecule has 1 aliphatic rings. The molecule has 0 spiro atoms. The number of hydrogen-bond donors (Lipinski definition) is 1. The number of imidazole rings is 1. The number of piperidine rings is 1. The largest absolute Gasteiger partial charge is 0.346 e. The molecule has 0 saturated carbocycles. The van der Waals surface area contributed by atoms with Crippen LogP contribution in [0.2, 0.25) is 0 Å². The highest BCUT2D eigenvalue weighted by Crippen LogP contribution is 2.23. The Labute approximate surface area is 183 Å². The van der Waals surface area contributed by atoms with Crippen molar-refractivity contribution in [2.45, 2.75) is 45.3 Å². The Hall–Kier alpha value is -2.09. The van der Waals surface area contributed by atoms with E-state index in [1.54, 1.807) is 10.9 Å². The molecule has 2 aromatic heterocycles. The molecule has 1 fully saturated rings. The summed E-state index contributed by atoms with van der Waals surface area (Å²) < 4.78 is 5.54. The number of nitrogens with zero attached hydrogens (tertiary/aromatic N) is 5. The van der Waals surface area contributed by atoms with Crippen molar-refractivity contribution in [1.29, 1.82) is 0 Å². The van der Waals surface area contributed by atoms with Gasteiger partial charge in [-0.05, 0) is 38.4 Å². The van der Waals surface area contributed by atoms with Crippen LogP contribution in [0.4, 0.5) is 0 Å². The lowest BCUT2D eigenvalue weighted by Gasteiger charge is -2.22. The molecule has 1 saturated heterocycles. The Balaban J connectivity index is 0.00000150. The highest BCUT2D eigenvalue weighted by atomic mass is 35.5. The number of aromatic nitrogens is 5. The number of benzene rings is 1. The van der Waals surface area contributed by atoms with Crippen molar-refractivity contribution < 1.29 is 0 Å². The molecule has 158 valence electrons. The van der Waals surface area contributed by atoms with E-state index in [0.717, 1.165) is 43.1 Å². The van der Waals surface area contributed by atoms with E-state index in [1.165, 1.54) is 0 Å². The molecule has 9 heteroatoms. The zero-order chi connectivity index (χ0) is 18.6. The van der Waals surface area contributed by atoms with E-state index in [9.17, 15) is 4.79 Å². The van der Waals surface area contributed by atoms with Crippen LogP contribution in [0.1, 0.15) is 36.0 Å². The van der Waals surface area contributed by atoms with Gasteiger partial charge >= 0.3 is 5.69 Å². The van der Waals surface area contributed by atoms with E-state index >= 15 is 0 Å². The first-order valence-corrected chi connectivity index (χ1v) is 9.62. The number of aryl methyl sites for hydroxylation is 3. The van der Waals surface area contributed by atoms with Gasteiger partial charge in [-0.15, -0.1) is 24.8 Å². The van der Waals surface area contributed by atoms with Crippen LogP contribution in [0.3, 0.4) is 0 Å². The summed E-state index contributed by atoms with van der Waals surface area (Å²) in [5.74, 6) is 2.21. The number of halogens is 2. The highest BCUT2D eigenvalue weighted by molar-refractivity contribution is 5.85. The molecule has 0 aliphatic carbocycles. The normalized spacial score (nSPS) is 14.2.